The molecule has 1 atom stereocenters. The molecule has 5 rings (SSSR count). The highest BCUT2D eigenvalue weighted by Crippen LogP contribution is 2.52. The average molecular weight is 505 g/mol. The van der Waals surface area contributed by atoms with Crippen molar-refractivity contribution in [2.75, 3.05) is 31.6 Å². The first kappa shape index (κ1) is 24.5. The highest BCUT2D eigenvalue weighted by molar-refractivity contribution is 5.96. The SMILES string of the molecule is COC1=CC2=C(C(=O)NCC3CC4(CCN(c5ccc(OC(F)(F)F)cc5)CC4)C3)C(C)NN2C=C1. The number of methoxy groups -OCH3 is 1. The number of anilines is 1. The number of nitrogens with one attached hydrogen (secondary N) is 2. The fourth-order valence-electron chi connectivity index (χ4n) is 5.88. The van der Waals surface area contributed by atoms with Crippen molar-refractivity contribution < 1.29 is 27.4 Å². The first-order chi connectivity index (χ1) is 17.1. The van der Waals surface area contributed by atoms with E-state index in [0.29, 0.717) is 29.2 Å². The van der Waals surface area contributed by atoms with Gasteiger partial charge in [-0.15, -0.1) is 13.2 Å². The van der Waals surface area contributed by atoms with Crippen LogP contribution >= 0.6 is 0 Å². The number of piperidine rings is 1. The zero-order valence-corrected chi connectivity index (χ0v) is 20.4. The molecule has 3 aliphatic heterocycles. The Balaban J connectivity index is 1.09. The van der Waals surface area contributed by atoms with Crippen LogP contribution in [0.5, 0.6) is 5.75 Å². The monoisotopic (exact) mass is 504 g/mol. The molecule has 2 N–H and O–H groups in total. The van der Waals surface area contributed by atoms with E-state index in [1.165, 1.54) is 12.1 Å². The molecule has 1 aromatic rings. The van der Waals surface area contributed by atoms with Gasteiger partial charge in [0, 0.05) is 37.6 Å². The Morgan fingerprint density at radius 1 is 1.19 bits per heavy atom. The van der Waals surface area contributed by atoms with Crippen molar-refractivity contribution in [2.45, 2.75) is 45.0 Å². The molecule has 1 spiro atoms. The molecule has 1 unspecified atom stereocenters. The number of hydrogen-bond donors (Lipinski definition) is 2. The number of benzene rings is 1. The largest absolute Gasteiger partial charge is 0.573 e. The molecule has 4 aliphatic rings. The summed E-state index contributed by atoms with van der Waals surface area (Å²) in [4.78, 5) is 15.2. The molecule has 1 aromatic carbocycles. The summed E-state index contributed by atoms with van der Waals surface area (Å²) in [6, 6.07) is 5.99. The minimum Gasteiger partial charge on any atom is -0.497 e. The normalized spacial score (nSPS) is 23.4. The van der Waals surface area contributed by atoms with E-state index in [2.05, 4.69) is 20.4 Å². The quantitative estimate of drug-likeness (QED) is 0.605. The first-order valence-electron chi connectivity index (χ1n) is 12.3. The molecule has 10 heteroatoms. The second-order valence-electron chi connectivity index (χ2n) is 10.1. The van der Waals surface area contributed by atoms with Crippen LogP contribution in [0.15, 0.2) is 59.6 Å². The van der Waals surface area contributed by atoms with E-state index >= 15 is 0 Å². The molecular weight excluding hydrogens is 473 g/mol. The Morgan fingerprint density at radius 2 is 1.89 bits per heavy atom. The summed E-state index contributed by atoms with van der Waals surface area (Å²) in [7, 11) is 1.61. The van der Waals surface area contributed by atoms with Crippen LogP contribution in [0, 0.1) is 11.3 Å². The Hall–Kier alpha value is -3.14. The van der Waals surface area contributed by atoms with Gasteiger partial charge in [0.1, 0.15) is 11.5 Å². The van der Waals surface area contributed by atoms with Crippen molar-refractivity contribution in [1.29, 1.82) is 0 Å². The van der Waals surface area contributed by atoms with Crippen molar-refractivity contribution in [3.8, 4) is 5.75 Å². The van der Waals surface area contributed by atoms with Gasteiger partial charge in [0.25, 0.3) is 5.91 Å². The van der Waals surface area contributed by atoms with E-state index < -0.39 is 6.36 Å². The summed E-state index contributed by atoms with van der Waals surface area (Å²) in [5, 5.41) is 4.99. The van der Waals surface area contributed by atoms with E-state index in [1.54, 1.807) is 19.2 Å². The maximum absolute atomic E-state index is 13.0. The summed E-state index contributed by atoms with van der Waals surface area (Å²) >= 11 is 0. The van der Waals surface area contributed by atoms with Gasteiger partial charge in [-0.2, -0.15) is 0 Å². The van der Waals surface area contributed by atoms with E-state index in [4.69, 9.17) is 4.74 Å². The number of halogens is 3. The van der Waals surface area contributed by atoms with Crippen LogP contribution in [-0.4, -0.2) is 50.1 Å². The molecule has 7 nitrogen and oxygen atoms in total. The fourth-order valence-corrected chi connectivity index (χ4v) is 5.88. The summed E-state index contributed by atoms with van der Waals surface area (Å²) in [5.74, 6) is 0.913. The van der Waals surface area contributed by atoms with Crippen LogP contribution in [0.1, 0.15) is 32.6 Å². The van der Waals surface area contributed by atoms with Gasteiger partial charge >= 0.3 is 6.36 Å². The molecule has 1 aliphatic carbocycles. The zero-order valence-electron chi connectivity index (χ0n) is 20.4. The van der Waals surface area contributed by atoms with Crippen LogP contribution in [0.3, 0.4) is 0 Å². The van der Waals surface area contributed by atoms with Gasteiger partial charge in [-0.05, 0) is 74.3 Å². The predicted octanol–water partition coefficient (Wildman–Crippen LogP) is 4.22. The first-order valence-corrected chi connectivity index (χ1v) is 12.3. The number of hydrazine groups is 1. The van der Waals surface area contributed by atoms with Crippen LogP contribution in [0.25, 0.3) is 0 Å². The topological polar surface area (TPSA) is 66.1 Å². The lowest BCUT2D eigenvalue weighted by atomic mass is 9.57. The number of hydrogen-bond acceptors (Lipinski definition) is 6. The Kier molecular flexibility index (Phi) is 6.40. The molecule has 1 saturated heterocycles. The lowest BCUT2D eigenvalue weighted by molar-refractivity contribution is -0.274. The number of carbonyl (C=O) groups is 1. The zero-order chi connectivity index (χ0) is 25.5. The number of amides is 1. The highest BCUT2D eigenvalue weighted by atomic mass is 19.4. The number of alkyl halides is 3. The van der Waals surface area contributed by atoms with Crippen molar-refractivity contribution in [1.82, 2.24) is 15.8 Å². The fraction of sp³-hybridized carbons (Fsp3) is 0.500. The lowest BCUT2D eigenvalue weighted by Crippen LogP contribution is -2.50. The van der Waals surface area contributed by atoms with E-state index in [1.807, 2.05) is 30.3 Å². The smallest absolute Gasteiger partial charge is 0.497 e. The number of allylic oxidation sites excluding steroid dienone is 2. The van der Waals surface area contributed by atoms with Crippen LogP contribution in [-0.2, 0) is 9.53 Å². The van der Waals surface area contributed by atoms with Gasteiger partial charge < -0.3 is 19.7 Å². The molecule has 0 bridgehead atoms. The number of ether oxygens (including phenoxy) is 2. The minimum absolute atomic E-state index is 0.0526. The van der Waals surface area contributed by atoms with Crippen molar-refractivity contribution in [3.05, 3.63) is 59.6 Å². The van der Waals surface area contributed by atoms with E-state index in [9.17, 15) is 18.0 Å². The van der Waals surface area contributed by atoms with Crippen LogP contribution < -0.4 is 20.4 Å². The number of carbonyl (C=O) groups excluding carboxylic acids is 1. The Morgan fingerprint density at radius 3 is 2.53 bits per heavy atom. The second-order valence-corrected chi connectivity index (χ2v) is 10.1. The lowest BCUT2D eigenvalue weighted by Gasteiger charge is -2.52. The van der Waals surface area contributed by atoms with E-state index in [-0.39, 0.29) is 17.7 Å². The highest BCUT2D eigenvalue weighted by Gasteiger charge is 2.46. The van der Waals surface area contributed by atoms with Gasteiger partial charge in [0.15, 0.2) is 0 Å². The molecule has 1 saturated carbocycles. The molecule has 0 radical (unpaired) electrons. The predicted molar refractivity (Wildman–Crippen MR) is 128 cm³/mol. The molecular formula is C26H31F3N4O3. The summed E-state index contributed by atoms with van der Waals surface area (Å²) < 4.78 is 46.4. The summed E-state index contributed by atoms with van der Waals surface area (Å²) in [5.41, 5.74) is 6.01. The van der Waals surface area contributed by atoms with Crippen molar-refractivity contribution in [3.63, 3.8) is 0 Å². The third-order valence-electron chi connectivity index (χ3n) is 7.70. The van der Waals surface area contributed by atoms with Crippen LogP contribution in [0.4, 0.5) is 18.9 Å². The maximum Gasteiger partial charge on any atom is 0.573 e. The molecule has 3 heterocycles. The number of rotatable bonds is 6. The van der Waals surface area contributed by atoms with E-state index in [0.717, 1.165) is 50.2 Å². The number of nitrogens with zero attached hydrogens (tertiary/aromatic N) is 2. The molecule has 36 heavy (non-hydrogen) atoms. The van der Waals surface area contributed by atoms with Gasteiger partial charge in [-0.1, -0.05) is 0 Å². The van der Waals surface area contributed by atoms with Gasteiger partial charge in [0.05, 0.1) is 24.4 Å². The molecule has 1 amide bonds. The Bertz CT molecular complexity index is 1080. The van der Waals surface area contributed by atoms with Crippen molar-refractivity contribution >= 4 is 11.6 Å². The molecule has 0 aromatic heterocycles. The summed E-state index contributed by atoms with van der Waals surface area (Å²) in [6.07, 6.45) is 5.15. The minimum atomic E-state index is -4.68. The molecule has 2 fully saturated rings. The van der Waals surface area contributed by atoms with Crippen LogP contribution in [0.2, 0.25) is 0 Å². The standard InChI is InChI=1S/C26H31F3N4O3/c1-17-23(22-13-21(35-2)7-10-33(22)31-17)24(34)30-16-18-14-25(15-18)8-11-32(12-9-25)19-3-5-20(6-4-19)36-26(27,28)29/h3-7,10,13,17-18,31H,8-9,11-12,14-16H2,1-2H3,(H,30,34). The van der Waals surface area contributed by atoms with Gasteiger partial charge in [-0.3, -0.25) is 9.80 Å². The third-order valence-corrected chi connectivity index (χ3v) is 7.70. The third kappa shape index (κ3) is 5.04. The van der Waals surface area contributed by atoms with Gasteiger partial charge in [-0.25, -0.2) is 5.43 Å². The Labute approximate surface area is 208 Å². The maximum atomic E-state index is 13.0. The van der Waals surface area contributed by atoms with Gasteiger partial charge in [0.2, 0.25) is 0 Å². The average Bonchev–Trinajstić information content (AvgIpc) is 3.16. The summed E-state index contributed by atoms with van der Waals surface area (Å²) in [6.45, 7) is 4.37. The second kappa shape index (κ2) is 9.38. The number of fused-ring (bicyclic) bond motifs is 1. The van der Waals surface area contributed by atoms with Crippen molar-refractivity contribution in [2.24, 2.45) is 11.3 Å². The molecule has 194 valence electrons.